The summed E-state index contributed by atoms with van der Waals surface area (Å²) in [5.74, 6) is 0.117. The fraction of sp³-hybridized carbons (Fsp3) is 0.208. The number of carbonyl (C=O) groups excluding carboxylic acids is 2. The summed E-state index contributed by atoms with van der Waals surface area (Å²) in [5.41, 5.74) is 2.03. The number of pyridine rings is 1. The second-order valence-electron chi connectivity index (χ2n) is 7.37. The van der Waals surface area contributed by atoms with Gasteiger partial charge in [-0.15, -0.1) is 11.8 Å². The van der Waals surface area contributed by atoms with Gasteiger partial charge in [0.1, 0.15) is 10.8 Å². The molecule has 5 nitrogen and oxygen atoms in total. The first kappa shape index (κ1) is 22.3. The van der Waals surface area contributed by atoms with Crippen molar-refractivity contribution in [2.75, 3.05) is 26.2 Å². The number of carbonyl (C=O) groups is 2. The van der Waals surface area contributed by atoms with Crippen LogP contribution in [0.3, 0.4) is 0 Å². The summed E-state index contributed by atoms with van der Waals surface area (Å²) in [7, 11) is 0. The molecule has 0 saturated carbocycles. The Balaban J connectivity index is 1.39. The van der Waals surface area contributed by atoms with E-state index in [9.17, 15) is 14.0 Å². The van der Waals surface area contributed by atoms with Crippen LogP contribution in [0.2, 0.25) is 5.02 Å². The molecule has 0 aliphatic carbocycles. The fourth-order valence-corrected chi connectivity index (χ4v) is 4.62. The largest absolute Gasteiger partial charge is 0.335 e. The van der Waals surface area contributed by atoms with Crippen molar-refractivity contribution in [3.63, 3.8) is 0 Å². The van der Waals surface area contributed by atoms with Crippen LogP contribution in [0, 0.1) is 5.82 Å². The number of nitrogens with zero attached hydrogens (tertiary/aromatic N) is 3. The average Bonchev–Trinajstić information content (AvgIpc) is 2.83. The molecule has 164 valence electrons. The van der Waals surface area contributed by atoms with Crippen LogP contribution >= 0.6 is 23.4 Å². The van der Waals surface area contributed by atoms with Crippen LogP contribution in [0.25, 0.3) is 0 Å². The van der Waals surface area contributed by atoms with Gasteiger partial charge >= 0.3 is 0 Å². The Bertz CT molecular complexity index is 1120. The molecule has 0 atom stereocenters. The lowest BCUT2D eigenvalue weighted by Gasteiger charge is -2.35. The summed E-state index contributed by atoms with van der Waals surface area (Å²) in [6.45, 7) is 1.80. The highest BCUT2D eigenvalue weighted by Gasteiger charge is 2.27. The quantitative estimate of drug-likeness (QED) is 0.505. The van der Waals surface area contributed by atoms with Gasteiger partial charge in [0.25, 0.3) is 11.8 Å². The van der Waals surface area contributed by atoms with Gasteiger partial charge in [0.05, 0.1) is 5.56 Å². The highest BCUT2D eigenvalue weighted by atomic mass is 35.5. The number of benzene rings is 2. The lowest BCUT2D eigenvalue weighted by molar-refractivity contribution is 0.0533. The van der Waals surface area contributed by atoms with E-state index < -0.39 is 0 Å². The van der Waals surface area contributed by atoms with E-state index in [0.717, 1.165) is 5.56 Å². The SMILES string of the molecule is O=C(c1cccc(Cl)c1)N1CCN(C(=O)c2cccnc2SCc2ccc(F)cc2)CC1. The number of thioether (sulfide) groups is 1. The van der Waals surface area contributed by atoms with Gasteiger partial charge in [-0.1, -0.05) is 29.8 Å². The molecule has 0 unspecified atom stereocenters. The van der Waals surface area contributed by atoms with Crippen LogP contribution in [-0.4, -0.2) is 52.8 Å². The minimum Gasteiger partial charge on any atom is -0.335 e. The number of piperazine rings is 1. The third-order valence-electron chi connectivity index (χ3n) is 5.22. The summed E-state index contributed by atoms with van der Waals surface area (Å²) in [6.07, 6.45) is 1.66. The van der Waals surface area contributed by atoms with Gasteiger partial charge in [0, 0.05) is 48.7 Å². The maximum Gasteiger partial charge on any atom is 0.256 e. The van der Waals surface area contributed by atoms with E-state index in [1.807, 2.05) is 0 Å². The van der Waals surface area contributed by atoms with Crippen LogP contribution in [0.4, 0.5) is 4.39 Å². The molecule has 3 aromatic rings. The maximum atomic E-state index is 13.2. The predicted octanol–water partition coefficient (Wildman–Crippen LogP) is 4.76. The zero-order chi connectivity index (χ0) is 22.5. The molecule has 2 heterocycles. The monoisotopic (exact) mass is 469 g/mol. The third-order valence-corrected chi connectivity index (χ3v) is 6.53. The molecule has 1 aromatic heterocycles. The Morgan fingerprint density at radius 2 is 1.62 bits per heavy atom. The topological polar surface area (TPSA) is 53.5 Å². The Hall–Kier alpha value is -2.90. The van der Waals surface area contributed by atoms with Crippen LogP contribution in [0.15, 0.2) is 71.9 Å². The van der Waals surface area contributed by atoms with E-state index in [2.05, 4.69) is 4.98 Å². The number of rotatable bonds is 5. The molecule has 0 radical (unpaired) electrons. The van der Waals surface area contributed by atoms with Gasteiger partial charge in [-0.25, -0.2) is 9.37 Å². The van der Waals surface area contributed by atoms with Crippen molar-refractivity contribution < 1.29 is 14.0 Å². The molecule has 1 aliphatic heterocycles. The van der Waals surface area contributed by atoms with Crippen molar-refractivity contribution in [2.45, 2.75) is 10.8 Å². The Morgan fingerprint density at radius 1 is 0.938 bits per heavy atom. The van der Waals surface area contributed by atoms with Gasteiger partial charge in [0.2, 0.25) is 0 Å². The van der Waals surface area contributed by atoms with Gasteiger partial charge in [-0.2, -0.15) is 0 Å². The number of amides is 2. The Kier molecular flexibility index (Phi) is 7.07. The molecule has 32 heavy (non-hydrogen) atoms. The summed E-state index contributed by atoms with van der Waals surface area (Å²) < 4.78 is 13.1. The van der Waals surface area contributed by atoms with E-state index in [4.69, 9.17) is 11.6 Å². The summed E-state index contributed by atoms with van der Waals surface area (Å²) in [4.78, 5) is 33.8. The predicted molar refractivity (Wildman–Crippen MR) is 123 cm³/mol. The molecule has 0 spiro atoms. The number of hydrogen-bond acceptors (Lipinski definition) is 4. The van der Waals surface area contributed by atoms with E-state index >= 15 is 0 Å². The maximum absolute atomic E-state index is 13.2. The van der Waals surface area contributed by atoms with Gasteiger partial charge < -0.3 is 9.80 Å². The van der Waals surface area contributed by atoms with Crippen molar-refractivity contribution in [1.29, 1.82) is 0 Å². The van der Waals surface area contributed by atoms with E-state index in [1.54, 1.807) is 64.5 Å². The third kappa shape index (κ3) is 5.29. The smallest absolute Gasteiger partial charge is 0.256 e. The molecule has 8 heteroatoms. The highest BCUT2D eigenvalue weighted by molar-refractivity contribution is 7.98. The van der Waals surface area contributed by atoms with Gasteiger partial charge in [-0.05, 0) is 48.0 Å². The van der Waals surface area contributed by atoms with Crippen molar-refractivity contribution in [2.24, 2.45) is 0 Å². The second kappa shape index (κ2) is 10.1. The summed E-state index contributed by atoms with van der Waals surface area (Å²) >= 11 is 7.44. The molecule has 0 N–H and O–H groups in total. The standard InChI is InChI=1S/C24H21ClFN3O2S/c25-19-4-1-3-18(15-19)23(30)28-11-13-29(14-12-28)24(31)21-5-2-10-27-22(21)32-16-17-6-8-20(26)9-7-17/h1-10,15H,11-14,16H2. The van der Waals surface area contributed by atoms with Crippen molar-refractivity contribution in [1.82, 2.24) is 14.8 Å². The van der Waals surface area contributed by atoms with Crippen molar-refractivity contribution >= 4 is 35.2 Å². The van der Waals surface area contributed by atoms with Crippen LogP contribution < -0.4 is 0 Å². The molecule has 4 rings (SSSR count). The van der Waals surface area contributed by atoms with Crippen LogP contribution in [0.5, 0.6) is 0 Å². The van der Waals surface area contributed by atoms with Crippen LogP contribution in [-0.2, 0) is 5.75 Å². The van der Waals surface area contributed by atoms with Crippen LogP contribution in [0.1, 0.15) is 26.3 Å². The highest BCUT2D eigenvalue weighted by Crippen LogP contribution is 2.26. The molecular formula is C24H21ClFN3O2S. The molecule has 2 amide bonds. The molecule has 0 bridgehead atoms. The van der Waals surface area contributed by atoms with Crippen molar-refractivity contribution in [3.05, 3.63) is 94.4 Å². The molecule has 1 fully saturated rings. The van der Waals surface area contributed by atoms with E-state index in [1.165, 1.54) is 23.9 Å². The Morgan fingerprint density at radius 3 is 2.31 bits per heavy atom. The normalized spacial score (nSPS) is 13.8. The molecule has 1 saturated heterocycles. The number of aromatic nitrogens is 1. The van der Waals surface area contributed by atoms with Gasteiger partial charge in [0.15, 0.2) is 0 Å². The summed E-state index contributed by atoms with van der Waals surface area (Å²) in [6, 6.07) is 16.7. The molecule has 1 aliphatic rings. The Labute approximate surface area is 195 Å². The first-order valence-electron chi connectivity index (χ1n) is 10.2. The second-order valence-corrected chi connectivity index (χ2v) is 8.77. The molecule has 2 aromatic carbocycles. The first-order chi connectivity index (χ1) is 15.5. The van der Waals surface area contributed by atoms with Crippen molar-refractivity contribution in [3.8, 4) is 0 Å². The van der Waals surface area contributed by atoms with E-state index in [0.29, 0.717) is 53.1 Å². The van der Waals surface area contributed by atoms with Gasteiger partial charge in [-0.3, -0.25) is 9.59 Å². The lowest BCUT2D eigenvalue weighted by atomic mass is 10.1. The average molecular weight is 470 g/mol. The molecular weight excluding hydrogens is 449 g/mol. The lowest BCUT2D eigenvalue weighted by Crippen LogP contribution is -2.50. The number of halogens is 2. The minimum absolute atomic E-state index is 0.0866. The zero-order valence-corrected chi connectivity index (χ0v) is 18.8. The number of hydrogen-bond donors (Lipinski definition) is 0. The fourth-order valence-electron chi connectivity index (χ4n) is 3.49. The minimum atomic E-state index is -0.277. The van der Waals surface area contributed by atoms with E-state index in [-0.39, 0.29) is 17.6 Å². The zero-order valence-electron chi connectivity index (χ0n) is 17.2. The first-order valence-corrected chi connectivity index (χ1v) is 11.5. The summed E-state index contributed by atoms with van der Waals surface area (Å²) in [5, 5.41) is 1.16.